The molecule has 2 aromatic carbocycles. The maximum Gasteiger partial charge on any atom is 0.235 e. The van der Waals surface area contributed by atoms with Gasteiger partial charge in [0.2, 0.25) is 11.2 Å². The minimum atomic E-state index is -0.504. The molecule has 0 bridgehead atoms. The lowest BCUT2D eigenvalue weighted by molar-refractivity contribution is 0.349. The Labute approximate surface area is 162 Å². The van der Waals surface area contributed by atoms with Gasteiger partial charge in [-0.1, -0.05) is 24.3 Å². The van der Waals surface area contributed by atoms with E-state index in [-0.39, 0.29) is 5.76 Å². The van der Waals surface area contributed by atoms with Gasteiger partial charge in [-0.2, -0.15) is 0 Å². The van der Waals surface area contributed by atoms with Gasteiger partial charge in [0.15, 0.2) is 17.3 Å². The van der Waals surface area contributed by atoms with E-state index in [2.05, 4.69) is 0 Å². The lowest BCUT2D eigenvalue weighted by atomic mass is 10.0. The van der Waals surface area contributed by atoms with Crippen LogP contribution in [0.1, 0.15) is 12.5 Å². The Kier molecular flexibility index (Phi) is 5.59. The highest BCUT2D eigenvalue weighted by Crippen LogP contribution is 2.43. The molecule has 0 saturated carbocycles. The molecule has 0 saturated heterocycles. The van der Waals surface area contributed by atoms with E-state index in [9.17, 15) is 9.90 Å². The topological polar surface area (TPSA) is 78.1 Å². The summed E-state index contributed by atoms with van der Waals surface area (Å²) >= 11 is 0. The van der Waals surface area contributed by atoms with Crippen LogP contribution in [0.2, 0.25) is 0 Å². The van der Waals surface area contributed by atoms with Gasteiger partial charge in [0.05, 0.1) is 32.3 Å². The van der Waals surface area contributed by atoms with Crippen molar-refractivity contribution < 1.29 is 23.7 Å². The van der Waals surface area contributed by atoms with E-state index >= 15 is 0 Å². The Morgan fingerprint density at radius 1 is 1.04 bits per heavy atom. The number of methoxy groups -OCH3 is 3. The van der Waals surface area contributed by atoms with Gasteiger partial charge in [0, 0.05) is 6.07 Å². The first-order chi connectivity index (χ1) is 13.5. The van der Waals surface area contributed by atoms with Crippen LogP contribution in [0.4, 0.5) is 0 Å². The quantitative estimate of drug-likeness (QED) is 0.640. The number of allylic oxidation sites excluding steroid dienone is 2. The van der Waals surface area contributed by atoms with Crippen LogP contribution in [0.25, 0.3) is 22.3 Å². The van der Waals surface area contributed by atoms with Gasteiger partial charge in [0.1, 0.15) is 11.3 Å². The lowest BCUT2D eigenvalue weighted by Gasteiger charge is -2.15. The molecule has 0 aliphatic heterocycles. The normalized spacial score (nSPS) is 11.1. The van der Waals surface area contributed by atoms with Crippen molar-refractivity contribution in [2.45, 2.75) is 13.3 Å². The smallest absolute Gasteiger partial charge is 0.235 e. The van der Waals surface area contributed by atoms with Crippen molar-refractivity contribution in [2.24, 2.45) is 0 Å². The Bertz CT molecular complexity index is 1090. The monoisotopic (exact) mass is 382 g/mol. The largest absolute Gasteiger partial charge is 0.502 e. The van der Waals surface area contributed by atoms with E-state index in [0.717, 1.165) is 5.56 Å². The summed E-state index contributed by atoms with van der Waals surface area (Å²) in [5.74, 6) is 0.785. The van der Waals surface area contributed by atoms with Crippen LogP contribution < -0.4 is 19.6 Å². The van der Waals surface area contributed by atoms with Gasteiger partial charge in [-0.25, -0.2) is 0 Å². The maximum atomic E-state index is 12.8. The fraction of sp³-hybridized carbons (Fsp3) is 0.227. The molecule has 6 heteroatoms. The highest BCUT2D eigenvalue weighted by molar-refractivity contribution is 5.86. The summed E-state index contributed by atoms with van der Waals surface area (Å²) < 4.78 is 22.1. The van der Waals surface area contributed by atoms with Gasteiger partial charge in [-0.05, 0) is 31.0 Å². The molecule has 0 spiro atoms. The number of ether oxygens (including phenoxy) is 3. The second-order valence-corrected chi connectivity index (χ2v) is 6.08. The molecule has 6 nitrogen and oxygen atoms in total. The molecule has 0 radical (unpaired) electrons. The third kappa shape index (κ3) is 3.29. The Hall–Kier alpha value is -3.41. The number of para-hydroxylation sites is 1. The minimum absolute atomic E-state index is 0.0169. The van der Waals surface area contributed by atoms with Crippen molar-refractivity contribution in [3.8, 4) is 34.3 Å². The summed E-state index contributed by atoms with van der Waals surface area (Å²) in [7, 11) is 4.50. The predicted octanol–water partition coefficient (Wildman–Crippen LogP) is 4.31. The van der Waals surface area contributed by atoms with E-state index < -0.39 is 11.2 Å². The van der Waals surface area contributed by atoms with E-state index in [1.807, 2.05) is 25.1 Å². The van der Waals surface area contributed by atoms with Crippen molar-refractivity contribution in [1.29, 1.82) is 0 Å². The Balaban J connectivity index is 2.35. The molecular formula is C22H22O6. The van der Waals surface area contributed by atoms with Gasteiger partial charge in [-0.3, -0.25) is 4.79 Å². The zero-order valence-corrected chi connectivity index (χ0v) is 16.2. The molecule has 3 rings (SSSR count). The second kappa shape index (κ2) is 8.08. The number of rotatable bonds is 6. The van der Waals surface area contributed by atoms with Gasteiger partial charge in [0.25, 0.3) is 0 Å². The summed E-state index contributed by atoms with van der Waals surface area (Å²) in [4.78, 5) is 12.8. The highest BCUT2D eigenvalue weighted by atomic mass is 16.5. The van der Waals surface area contributed by atoms with Crippen LogP contribution in [0.5, 0.6) is 23.0 Å². The Morgan fingerprint density at radius 2 is 1.71 bits per heavy atom. The molecule has 146 valence electrons. The number of hydrogen-bond donors (Lipinski definition) is 1. The number of benzene rings is 2. The minimum Gasteiger partial charge on any atom is -0.502 e. The highest BCUT2D eigenvalue weighted by Gasteiger charge is 2.22. The fourth-order valence-corrected chi connectivity index (χ4v) is 3.06. The van der Waals surface area contributed by atoms with Crippen LogP contribution in [0.3, 0.4) is 0 Å². The molecule has 3 aromatic rings. The molecule has 0 aliphatic rings. The fourth-order valence-electron chi connectivity index (χ4n) is 3.06. The SMILES string of the molecule is CC=CCc1cccc2c(=O)c(O)c(-c3cc(OC)c(OC)cc3OC)oc12. The average molecular weight is 382 g/mol. The zero-order chi connectivity index (χ0) is 20.3. The summed E-state index contributed by atoms with van der Waals surface area (Å²) in [5.41, 5.74) is 1.15. The molecule has 0 aliphatic carbocycles. The first-order valence-corrected chi connectivity index (χ1v) is 8.74. The van der Waals surface area contributed by atoms with Crippen LogP contribution in [0, 0.1) is 0 Å². The average Bonchev–Trinajstić information content (AvgIpc) is 2.73. The van der Waals surface area contributed by atoms with Gasteiger partial charge >= 0.3 is 0 Å². The molecule has 1 N–H and O–H groups in total. The van der Waals surface area contributed by atoms with Crippen LogP contribution >= 0.6 is 0 Å². The molecule has 1 heterocycles. The first-order valence-electron chi connectivity index (χ1n) is 8.74. The number of hydrogen-bond acceptors (Lipinski definition) is 6. The summed E-state index contributed by atoms with van der Waals surface area (Å²) in [6, 6.07) is 8.52. The van der Waals surface area contributed by atoms with E-state index in [1.165, 1.54) is 21.3 Å². The first kappa shape index (κ1) is 19.4. The summed E-state index contributed by atoms with van der Waals surface area (Å²) in [5, 5.41) is 10.9. The third-order valence-electron chi connectivity index (χ3n) is 4.50. The summed E-state index contributed by atoms with van der Waals surface area (Å²) in [6.45, 7) is 1.92. The van der Waals surface area contributed by atoms with Crippen molar-refractivity contribution in [3.05, 3.63) is 58.3 Å². The maximum absolute atomic E-state index is 12.8. The predicted molar refractivity (Wildman–Crippen MR) is 108 cm³/mol. The Morgan fingerprint density at radius 3 is 2.36 bits per heavy atom. The van der Waals surface area contributed by atoms with Crippen LogP contribution in [-0.2, 0) is 6.42 Å². The van der Waals surface area contributed by atoms with Gasteiger partial charge < -0.3 is 23.7 Å². The third-order valence-corrected chi connectivity index (χ3v) is 4.50. The van der Waals surface area contributed by atoms with Crippen molar-refractivity contribution in [3.63, 3.8) is 0 Å². The van der Waals surface area contributed by atoms with Crippen molar-refractivity contribution >= 4 is 11.0 Å². The van der Waals surface area contributed by atoms with Crippen molar-refractivity contribution in [2.75, 3.05) is 21.3 Å². The summed E-state index contributed by atoms with van der Waals surface area (Å²) in [6.07, 6.45) is 4.50. The molecule has 0 unspecified atom stereocenters. The van der Waals surface area contributed by atoms with E-state index in [1.54, 1.807) is 24.3 Å². The molecule has 0 fully saturated rings. The molecule has 0 atom stereocenters. The van der Waals surface area contributed by atoms with E-state index in [4.69, 9.17) is 18.6 Å². The molecule has 1 aromatic heterocycles. The van der Waals surface area contributed by atoms with Gasteiger partial charge in [-0.15, -0.1) is 0 Å². The van der Waals surface area contributed by atoms with Crippen LogP contribution in [-0.4, -0.2) is 26.4 Å². The lowest BCUT2D eigenvalue weighted by Crippen LogP contribution is -2.05. The van der Waals surface area contributed by atoms with Crippen LogP contribution in [0.15, 0.2) is 51.7 Å². The van der Waals surface area contributed by atoms with Crippen molar-refractivity contribution in [1.82, 2.24) is 0 Å². The zero-order valence-electron chi connectivity index (χ0n) is 16.2. The number of aromatic hydroxyl groups is 1. The standard InChI is InChI=1S/C22H22O6/c1-5-6-8-13-9-7-10-14-19(23)20(24)22(28-21(13)14)15-11-17(26-3)18(27-4)12-16(15)25-2/h5-7,9-12,24H,8H2,1-4H3. The molecule has 0 amide bonds. The second-order valence-electron chi connectivity index (χ2n) is 6.08. The molecule has 28 heavy (non-hydrogen) atoms. The number of fused-ring (bicyclic) bond motifs is 1. The molecular weight excluding hydrogens is 360 g/mol. The van der Waals surface area contributed by atoms with E-state index in [0.29, 0.717) is 40.2 Å².